The summed E-state index contributed by atoms with van der Waals surface area (Å²) in [6.45, 7) is 2.76. The second kappa shape index (κ2) is 9.18. The Morgan fingerprint density at radius 2 is 2.05 bits per heavy atom. The fourth-order valence-corrected chi connectivity index (χ4v) is 2.58. The van der Waals surface area contributed by atoms with Crippen LogP contribution in [0.1, 0.15) is 17.1 Å². The zero-order chi connectivity index (χ0) is 13.0. The van der Waals surface area contributed by atoms with Crippen LogP contribution in [0.5, 0.6) is 0 Å². The summed E-state index contributed by atoms with van der Waals surface area (Å²) in [4.78, 5) is 4.28. The first-order valence-corrected chi connectivity index (χ1v) is 6.77. The summed E-state index contributed by atoms with van der Waals surface area (Å²) in [6.07, 6.45) is 1.82. The zero-order valence-electron chi connectivity index (χ0n) is 11.7. The van der Waals surface area contributed by atoms with Crippen molar-refractivity contribution in [1.29, 1.82) is 0 Å². The van der Waals surface area contributed by atoms with Gasteiger partial charge >= 0.3 is 0 Å². The minimum absolute atomic E-state index is 0. The van der Waals surface area contributed by atoms with Crippen LogP contribution in [0.15, 0.2) is 23.5 Å². The van der Waals surface area contributed by atoms with E-state index in [0.717, 1.165) is 29.0 Å². The van der Waals surface area contributed by atoms with E-state index in [2.05, 4.69) is 26.6 Å². The zero-order valence-corrected chi connectivity index (χ0v) is 14.1. The predicted octanol–water partition coefficient (Wildman–Crippen LogP) is 2.37. The third-order valence-corrected chi connectivity index (χ3v) is 3.80. The SMILES string of the molecule is CNCc1nnc(SCc2cccnc2C)n1C.Cl.Cl. The molecule has 2 heterocycles. The van der Waals surface area contributed by atoms with Crippen molar-refractivity contribution in [2.75, 3.05) is 7.05 Å². The number of aromatic nitrogens is 4. The first kappa shape index (κ1) is 19.2. The molecule has 5 nitrogen and oxygen atoms in total. The molecule has 0 aromatic carbocycles. The fourth-order valence-electron chi connectivity index (χ4n) is 1.60. The average Bonchev–Trinajstić information content (AvgIpc) is 2.71. The first-order valence-electron chi connectivity index (χ1n) is 5.78. The molecular formula is C12H19Cl2N5S. The Labute approximate surface area is 135 Å². The molecule has 2 rings (SSSR count). The van der Waals surface area contributed by atoms with Crippen LogP contribution in [0, 0.1) is 6.92 Å². The van der Waals surface area contributed by atoms with E-state index < -0.39 is 0 Å². The molecule has 0 aliphatic heterocycles. The molecule has 0 aliphatic rings. The van der Waals surface area contributed by atoms with Gasteiger partial charge < -0.3 is 9.88 Å². The van der Waals surface area contributed by atoms with Crippen molar-refractivity contribution in [2.45, 2.75) is 24.4 Å². The largest absolute Gasteiger partial charge is 0.313 e. The Morgan fingerprint density at radius 3 is 2.70 bits per heavy atom. The second-order valence-corrected chi connectivity index (χ2v) is 4.97. The summed E-state index contributed by atoms with van der Waals surface area (Å²) in [6, 6.07) is 4.06. The number of hydrogen-bond acceptors (Lipinski definition) is 5. The summed E-state index contributed by atoms with van der Waals surface area (Å²) >= 11 is 1.68. The highest BCUT2D eigenvalue weighted by molar-refractivity contribution is 7.98. The van der Waals surface area contributed by atoms with Gasteiger partial charge in [-0.2, -0.15) is 0 Å². The molecule has 112 valence electrons. The number of halogens is 2. The Bertz CT molecular complexity index is 532. The molecule has 0 unspecified atom stereocenters. The van der Waals surface area contributed by atoms with Crippen LogP contribution in [0.3, 0.4) is 0 Å². The van der Waals surface area contributed by atoms with Crippen molar-refractivity contribution in [1.82, 2.24) is 25.1 Å². The van der Waals surface area contributed by atoms with E-state index >= 15 is 0 Å². The third kappa shape index (κ3) is 4.63. The van der Waals surface area contributed by atoms with Gasteiger partial charge in [0, 0.05) is 24.7 Å². The fraction of sp³-hybridized carbons (Fsp3) is 0.417. The van der Waals surface area contributed by atoms with E-state index in [1.807, 2.05) is 37.8 Å². The number of nitrogens with zero attached hydrogens (tertiary/aromatic N) is 4. The molecule has 0 bridgehead atoms. The normalized spacial score (nSPS) is 9.75. The van der Waals surface area contributed by atoms with Gasteiger partial charge in [-0.25, -0.2) is 0 Å². The van der Waals surface area contributed by atoms with Crippen LogP contribution >= 0.6 is 36.6 Å². The lowest BCUT2D eigenvalue weighted by Gasteiger charge is -2.05. The summed E-state index contributed by atoms with van der Waals surface area (Å²) in [7, 11) is 3.89. The van der Waals surface area contributed by atoms with Crippen LogP contribution in [0.25, 0.3) is 0 Å². The van der Waals surface area contributed by atoms with Gasteiger partial charge in [-0.3, -0.25) is 4.98 Å². The highest BCUT2D eigenvalue weighted by atomic mass is 35.5. The van der Waals surface area contributed by atoms with Crippen molar-refractivity contribution in [2.24, 2.45) is 7.05 Å². The summed E-state index contributed by atoms with van der Waals surface area (Å²) in [5.74, 6) is 1.81. The number of rotatable bonds is 5. The van der Waals surface area contributed by atoms with Crippen molar-refractivity contribution in [3.8, 4) is 0 Å². The number of nitrogens with one attached hydrogen (secondary N) is 1. The van der Waals surface area contributed by atoms with Crippen molar-refractivity contribution < 1.29 is 0 Å². The molecule has 0 fully saturated rings. The minimum atomic E-state index is 0. The van der Waals surface area contributed by atoms with Gasteiger partial charge in [-0.15, -0.1) is 35.0 Å². The molecule has 8 heteroatoms. The molecule has 0 saturated carbocycles. The number of pyridine rings is 1. The summed E-state index contributed by atoms with van der Waals surface area (Å²) < 4.78 is 2.02. The lowest BCUT2D eigenvalue weighted by atomic mass is 10.2. The first-order chi connectivity index (χ1) is 8.72. The van der Waals surface area contributed by atoms with E-state index in [9.17, 15) is 0 Å². The maximum atomic E-state index is 4.28. The van der Waals surface area contributed by atoms with Crippen LogP contribution in [-0.2, 0) is 19.3 Å². The van der Waals surface area contributed by atoms with Gasteiger partial charge in [0.2, 0.25) is 0 Å². The van der Waals surface area contributed by atoms with E-state index in [1.54, 1.807) is 11.8 Å². The average molecular weight is 336 g/mol. The molecule has 0 atom stereocenters. The Hall–Kier alpha value is -0.820. The monoisotopic (exact) mass is 335 g/mol. The quantitative estimate of drug-likeness (QED) is 0.850. The molecule has 0 aliphatic carbocycles. The smallest absolute Gasteiger partial charge is 0.191 e. The molecule has 0 amide bonds. The standard InChI is InChI=1S/C12H17N5S.2ClH/c1-9-10(5-4-6-14-9)8-18-12-16-15-11(7-13-2)17(12)3;;/h4-6,13H,7-8H2,1-3H3;2*1H. The third-order valence-electron chi connectivity index (χ3n) is 2.73. The molecule has 0 radical (unpaired) electrons. The van der Waals surface area contributed by atoms with Gasteiger partial charge in [0.15, 0.2) is 5.16 Å². The number of thioether (sulfide) groups is 1. The molecule has 20 heavy (non-hydrogen) atoms. The molecule has 0 spiro atoms. The summed E-state index contributed by atoms with van der Waals surface area (Å²) in [5.41, 5.74) is 2.31. The van der Waals surface area contributed by atoms with E-state index in [-0.39, 0.29) is 24.8 Å². The predicted molar refractivity (Wildman–Crippen MR) is 86.8 cm³/mol. The van der Waals surface area contributed by atoms with Crippen LogP contribution in [0.4, 0.5) is 0 Å². The van der Waals surface area contributed by atoms with E-state index in [0.29, 0.717) is 0 Å². The maximum absolute atomic E-state index is 4.28. The van der Waals surface area contributed by atoms with Gasteiger partial charge in [-0.05, 0) is 25.6 Å². The Balaban J connectivity index is 0.00000180. The Kier molecular flexibility index (Phi) is 8.80. The summed E-state index contributed by atoms with van der Waals surface area (Å²) in [5, 5.41) is 12.4. The molecule has 1 N–H and O–H groups in total. The topological polar surface area (TPSA) is 55.6 Å². The highest BCUT2D eigenvalue weighted by Gasteiger charge is 2.09. The minimum Gasteiger partial charge on any atom is -0.313 e. The molecular weight excluding hydrogens is 317 g/mol. The number of aryl methyl sites for hydroxylation is 1. The Morgan fingerprint density at radius 1 is 1.30 bits per heavy atom. The lowest BCUT2D eigenvalue weighted by molar-refractivity contribution is 0.682. The van der Waals surface area contributed by atoms with Crippen LogP contribution in [0.2, 0.25) is 0 Å². The molecule has 2 aromatic rings. The van der Waals surface area contributed by atoms with Crippen molar-refractivity contribution >= 4 is 36.6 Å². The van der Waals surface area contributed by atoms with E-state index in [1.165, 1.54) is 5.56 Å². The van der Waals surface area contributed by atoms with Crippen LogP contribution in [-0.4, -0.2) is 26.8 Å². The van der Waals surface area contributed by atoms with Gasteiger partial charge in [-0.1, -0.05) is 17.8 Å². The van der Waals surface area contributed by atoms with Gasteiger partial charge in [0.25, 0.3) is 0 Å². The second-order valence-electron chi connectivity index (χ2n) is 4.02. The highest BCUT2D eigenvalue weighted by Crippen LogP contribution is 2.21. The molecule has 0 saturated heterocycles. The number of hydrogen-bond donors (Lipinski definition) is 1. The van der Waals surface area contributed by atoms with Crippen LogP contribution < -0.4 is 5.32 Å². The van der Waals surface area contributed by atoms with E-state index in [4.69, 9.17) is 0 Å². The van der Waals surface area contributed by atoms with Gasteiger partial charge in [0.05, 0.1) is 6.54 Å². The maximum Gasteiger partial charge on any atom is 0.191 e. The van der Waals surface area contributed by atoms with Crippen molar-refractivity contribution in [3.05, 3.63) is 35.4 Å². The van der Waals surface area contributed by atoms with Crippen molar-refractivity contribution in [3.63, 3.8) is 0 Å². The lowest BCUT2D eigenvalue weighted by Crippen LogP contribution is -2.10. The van der Waals surface area contributed by atoms with Gasteiger partial charge in [0.1, 0.15) is 5.82 Å². The molecule has 2 aromatic heterocycles.